The van der Waals surface area contributed by atoms with E-state index in [2.05, 4.69) is 0 Å². The molecule has 0 spiro atoms. The molecule has 170 valence electrons. The van der Waals surface area contributed by atoms with E-state index in [1.54, 1.807) is 0 Å². The SMILES string of the molecule is O=c1c(OC2OC(CO)C(O)C(O)C2O)c(-c2ccccc2O)oc2cc(O)cc(O)c12. The Bertz CT molecular complexity index is 1200. The second kappa shape index (κ2) is 8.30. The van der Waals surface area contributed by atoms with Gasteiger partial charge < -0.3 is 49.6 Å². The van der Waals surface area contributed by atoms with Crippen LogP contribution in [-0.4, -0.2) is 73.1 Å². The Morgan fingerprint density at radius 2 is 1.66 bits per heavy atom. The summed E-state index contributed by atoms with van der Waals surface area (Å²) in [5, 5.41) is 69.5. The van der Waals surface area contributed by atoms with E-state index in [1.165, 1.54) is 24.3 Å². The highest BCUT2D eigenvalue weighted by molar-refractivity contribution is 5.88. The number of rotatable bonds is 4. The van der Waals surface area contributed by atoms with E-state index in [9.17, 15) is 40.5 Å². The minimum atomic E-state index is -1.83. The Morgan fingerprint density at radius 1 is 0.938 bits per heavy atom. The average Bonchev–Trinajstić information content (AvgIpc) is 2.75. The van der Waals surface area contributed by atoms with Crippen LogP contribution < -0.4 is 10.2 Å². The molecule has 1 fully saturated rings. The number of hydrogen-bond acceptors (Lipinski definition) is 11. The van der Waals surface area contributed by atoms with Crippen molar-refractivity contribution in [2.75, 3.05) is 6.61 Å². The summed E-state index contributed by atoms with van der Waals surface area (Å²) in [6.45, 7) is -0.719. The maximum atomic E-state index is 13.2. The van der Waals surface area contributed by atoms with Crippen molar-refractivity contribution in [3.05, 3.63) is 46.6 Å². The lowest BCUT2D eigenvalue weighted by Gasteiger charge is -2.39. The third-order valence-corrected chi connectivity index (χ3v) is 5.15. The molecule has 0 aliphatic carbocycles. The minimum absolute atomic E-state index is 0.00826. The first-order chi connectivity index (χ1) is 15.2. The number of aromatic hydroxyl groups is 3. The van der Waals surface area contributed by atoms with Crippen LogP contribution in [0.15, 0.2) is 45.6 Å². The van der Waals surface area contributed by atoms with E-state index in [1.807, 2.05) is 0 Å². The molecular weight excluding hydrogens is 428 g/mol. The van der Waals surface area contributed by atoms with Gasteiger partial charge in [-0.25, -0.2) is 0 Å². The number of phenols is 3. The lowest BCUT2D eigenvalue weighted by molar-refractivity contribution is -0.277. The molecule has 1 aliphatic heterocycles. The van der Waals surface area contributed by atoms with E-state index >= 15 is 0 Å². The molecule has 5 atom stereocenters. The summed E-state index contributed by atoms with van der Waals surface area (Å²) in [5.41, 5.74) is -1.14. The molecule has 11 nitrogen and oxygen atoms in total. The number of aliphatic hydroxyl groups excluding tert-OH is 4. The normalized spacial score (nSPS) is 25.7. The molecule has 7 N–H and O–H groups in total. The predicted molar refractivity (Wildman–Crippen MR) is 107 cm³/mol. The van der Waals surface area contributed by atoms with Crippen LogP contribution >= 0.6 is 0 Å². The second-order valence-electron chi connectivity index (χ2n) is 7.26. The lowest BCUT2D eigenvalue weighted by atomic mass is 9.99. The van der Waals surface area contributed by atoms with Crippen LogP contribution in [0.3, 0.4) is 0 Å². The largest absolute Gasteiger partial charge is 0.508 e. The van der Waals surface area contributed by atoms with Crippen molar-refractivity contribution in [2.24, 2.45) is 0 Å². The van der Waals surface area contributed by atoms with Crippen molar-refractivity contribution in [1.82, 2.24) is 0 Å². The van der Waals surface area contributed by atoms with Crippen molar-refractivity contribution in [2.45, 2.75) is 30.7 Å². The fourth-order valence-corrected chi connectivity index (χ4v) is 3.50. The summed E-state index contributed by atoms with van der Waals surface area (Å²) in [6, 6.07) is 7.78. The van der Waals surface area contributed by atoms with Gasteiger partial charge >= 0.3 is 0 Å². The maximum absolute atomic E-state index is 13.2. The molecule has 1 aromatic heterocycles. The van der Waals surface area contributed by atoms with Gasteiger partial charge in [0.1, 0.15) is 52.6 Å². The van der Waals surface area contributed by atoms with Gasteiger partial charge in [-0.2, -0.15) is 0 Å². The van der Waals surface area contributed by atoms with Gasteiger partial charge in [-0.1, -0.05) is 12.1 Å². The fraction of sp³-hybridized carbons (Fsp3) is 0.286. The topological polar surface area (TPSA) is 190 Å². The number of ether oxygens (including phenoxy) is 2. The molecule has 2 heterocycles. The summed E-state index contributed by atoms with van der Waals surface area (Å²) < 4.78 is 16.5. The van der Waals surface area contributed by atoms with Gasteiger partial charge in [0, 0.05) is 12.1 Å². The number of hydrogen-bond donors (Lipinski definition) is 7. The van der Waals surface area contributed by atoms with E-state index in [0.29, 0.717) is 0 Å². The molecular formula is C21H20O11. The highest BCUT2D eigenvalue weighted by atomic mass is 16.7. The van der Waals surface area contributed by atoms with Crippen LogP contribution in [0.2, 0.25) is 0 Å². The molecule has 1 saturated heterocycles. The number of para-hydroxylation sites is 1. The zero-order valence-electron chi connectivity index (χ0n) is 16.3. The molecule has 11 heteroatoms. The Hall–Kier alpha value is -3.35. The highest BCUT2D eigenvalue weighted by Crippen LogP contribution is 2.39. The van der Waals surface area contributed by atoms with Crippen LogP contribution in [0.25, 0.3) is 22.3 Å². The van der Waals surface area contributed by atoms with Crippen LogP contribution in [0.4, 0.5) is 0 Å². The van der Waals surface area contributed by atoms with Gasteiger partial charge in [-0.15, -0.1) is 0 Å². The molecule has 32 heavy (non-hydrogen) atoms. The number of fused-ring (bicyclic) bond motifs is 1. The monoisotopic (exact) mass is 448 g/mol. The molecule has 0 radical (unpaired) electrons. The summed E-state index contributed by atoms with van der Waals surface area (Å²) in [7, 11) is 0. The van der Waals surface area contributed by atoms with Crippen molar-refractivity contribution in [3.63, 3.8) is 0 Å². The molecule has 2 aromatic carbocycles. The zero-order chi connectivity index (χ0) is 23.2. The number of benzene rings is 2. The zero-order valence-corrected chi connectivity index (χ0v) is 16.3. The van der Waals surface area contributed by atoms with Crippen LogP contribution in [0.1, 0.15) is 0 Å². The molecule has 4 rings (SSSR count). The predicted octanol–water partition coefficient (Wildman–Crippen LogP) is -0.244. The molecule has 3 aromatic rings. The first-order valence-corrected chi connectivity index (χ1v) is 9.51. The summed E-state index contributed by atoms with van der Waals surface area (Å²) >= 11 is 0. The van der Waals surface area contributed by atoms with E-state index < -0.39 is 54.2 Å². The smallest absolute Gasteiger partial charge is 0.239 e. The molecule has 0 bridgehead atoms. The summed E-state index contributed by atoms with van der Waals surface area (Å²) in [6.07, 6.45) is -8.27. The quantitative estimate of drug-likeness (QED) is 0.279. The Labute approximate surface area is 179 Å². The van der Waals surface area contributed by atoms with E-state index in [-0.39, 0.29) is 33.8 Å². The molecule has 0 saturated carbocycles. The van der Waals surface area contributed by atoms with Crippen molar-refractivity contribution >= 4 is 11.0 Å². The molecule has 0 amide bonds. The van der Waals surface area contributed by atoms with Gasteiger partial charge in [-0.05, 0) is 12.1 Å². The van der Waals surface area contributed by atoms with Gasteiger partial charge in [0.25, 0.3) is 0 Å². The van der Waals surface area contributed by atoms with E-state index in [0.717, 1.165) is 12.1 Å². The Balaban J connectivity index is 1.91. The van der Waals surface area contributed by atoms with Gasteiger partial charge in [0.15, 0.2) is 5.76 Å². The second-order valence-corrected chi connectivity index (χ2v) is 7.26. The van der Waals surface area contributed by atoms with Gasteiger partial charge in [-0.3, -0.25) is 4.79 Å². The Kier molecular flexibility index (Phi) is 5.67. The lowest BCUT2D eigenvalue weighted by Crippen LogP contribution is -2.60. The number of aliphatic hydroxyl groups is 4. The third kappa shape index (κ3) is 3.61. The summed E-state index contributed by atoms with van der Waals surface area (Å²) in [4.78, 5) is 13.2. The van der Waals surface area contributed by atoms with Crippen LogP contribution in [0, 0.1) is 0 Å². The maximum Gasteiger partial charge on any atom is 0.239 e. The van der Waals surface area contributed by atoms with Crippen molar-refractivity contribution in [1.29, 1.82) is 0 Å². The molecule has 5 unspecified atom stereocenters. The van der Waals surface area contributed by atoms with Gasteiger partial charge in [0.2, 0.25) is 17.5 Å². The van der Waals surface area contributed by atoms with Crippen molar-refractivity contribution in [3.8, 4) is 34.3 Å². The Morgan fingerprint density at radius 3 is 2.34 bits per heavy atom. The van der Waals surface area contributed by atoms with Crippen LogP contribution in [0.5, 0.6) is 23.0 Å². The third-order valence-electron chi connectivity index (χ3n) is 5.15. The average molecular weight is 448 g/mol. The first kappa shape index (κ1) is 21.9. The minimum Gasteiger partial charge on any atom is -0.508 e. The summed E-state index contributed by atoms with van der Waals surface area (Å²) in [5.74, 6) is -2.20. The van der Waals surface area contributed by atoms with Crippen molar-refractivity contribution < 1.29 is 49.6 Å². The fourth-order valence-electron chi connectivity index (χ4n) is 3.50. The van der Waals surface area contributed by atoms with E-state index in [4.69, 9.17) is 13.9 Å². The van der Waals surface area contributed by atoms with Crippen LogP contribution in [-0.2, 0) is 4.74 Å². The molecule has 1 aliphatic rings. The van der Waals surface area contributed by atoms with Gasteiger partial charge in [0.05, 0.1) is 12.2 Å². The standard InChI is InChI=1S/C21H20O11/c22-7-13-15(26)17(28)18(29)21(31-13)32-20-16(27)14-11(25)5-8(23)6-12(14)30-19(20)9-3-1-2-4-10(9)24/h1-6,13,15,17-18,21-26,28-29H,7H2. The number of phenolic OH excluding ortho intramolecular Hbond substituents is 3. The first-order valence-electron chi connectivity index (χ1n) is 9.51. The highest BCUT2D eigenvalue weighted by Gasteiger charge is 2.45.